The third-order valence-electron chi connectivity index (χ3n) is 5.03. The molecule has 1 aromatic rings. The highest BCUT2D eigenvalue weighted by Crippen LogP contribution is 2.23. The van der Waals surface area contributed by atoms with Crippen molar-refractivity contribution in [1.29, 1.82) is 0 Å². The normalized spacial score (nSPS) is 25.2. The topological polar surface area (TPSA) is 102 Å². The van der Waals surface area contributed by atoms with E-state index in [9.17, 15) is 18.6 Å². The number of aliphatic hydroxyl groups is 2. The maximum atomic E-state index is 12.3. The van der Waals surface area contributed by atoms with Crippen LogP contribution in [0.5, 0.6) is 0 Å². The largest absolute Gasteiger partial charge is 0.390 e. The molecule has 0 radical (unpaired) electrons. The van der Waals surface area contributed by atoms with Gasteiger partial charge in [0.1, 0.15) is 12.2 Å². The van der Waals surface area contributed by atoms with Crippen LogP contribution in [0.1, 0.15) is 57.4 Å². The zero-order valence-electron chi connectivity index (χ0n) is 17.3. The minimum atomic E-state index is -3.98. The molecule has 7 nitrogen and oxygen atoms in total. The first-order valence-electron chi connectivity index (χ1n) is 10.4. The predicted octanol–water partition coefficient (Wildman–Crippen LogP) is 2.91. The molecule has 1 aromatic carbocycles. The molecule has 1 saturated heterocycles. The third-order valence-corrected chi connectivity index (χ3v) is 6.33. The van der Waals surface area contributed by atoms with Crippen LogP contribution in [0.4, 0.5) is 0 Å². The second kappa shape index (κ2) is 12.0. The van der Waals surface area contributed by atoms with Crippen molar-refractivity contribution in [3.05, 3.63) is 29.8 Å². The first-order chi connectivity index (χ1) is 13.8. The summed E-state index contributed by atoms with van der Waals surface area (Å²) in [4.78, 5) is 0.0322. The van der Waals surface area contributed by atoms with Crippen molar-refractivity contribution in [3.63, 3.8) is 0 Å². The average molecular weight is 431 g/mol. The molecule has 166 valence electrons. The first kappa shape index (κ1) is 24.2. The SMILES string of the molecule is CCCCCCCCO[C@@H]1C[C@@H](O)[C@H](O)[C@@H](COS(=O)(=O)c2ccc(C)cc2)O1. The van der Waals surface area contributed by atoms with Gasteiger partial charge in [0, 0.05) is 13.0 Å². The van der Waals surface area contributed by atoms with Crippen LogP contribution in [-0.4, -0.2) is 56.4 Å². The molecule has 0 aliphatic carbocycles. The summed E-state index contributed by atoms with van der Waals surface area (Å²) in [5.74, 6) is 0. The van der Waals surface area contributed by atoms with E-state index in [2.05, 4.69) is 6.92 Å². The fraction of sp³-hybridized carbons (Fsp3) is 0.714. The van der Waals surface area contributed by atoms with Crippen molar-refractivity contribution in [3.8, 4) is 0 Å². The summed E-state index contributed by atoms with van der Waals surface area (Å²) in [6.07, 6.45) is 2.94. The van der Waals surface area contributed by atoms with Gasteiger partial charge >= 0.3 is 0 Å². The Morgan fingerprint density at radius 3 is 2.41 bits per heavy atom. The molecule has 0 saturated carbocycles. The van der Waals surface area contributed by atoms with Crippen LogP contribution in [0.15, 0.2) is 29.2 Å². The van der Waals surface area contributed by atoms with Gasteiger partial charge in [0.05, 0.1) is 17.6 Å². The molecule has 0 spiro atoms. The Labute approximate surface area is 174 Å². The van der Waals surface area contributed by atoms with Crippen LogP contribution in [0.2, 0.25) is 0 Å². The molecule has 0 bridgehead atoms. The number of aliphatic hydroxyl groups excluding tert-OH is 2. The van der Waals surface area contributed by atoms with Crippen molar-refractivity contribution in [2.75, 3.05) is 13.2 Å². The van der Waals surface area contributed by atoms with Gasteiger partial charge in [-0.05, 0) is 25.5 Å². The summed E-state index contributed by atoms with van der Waals surface area (Å²) in [6.45, 7) is 4.13. The van der Waals surface area contributed by atoms with Gasteiger partial charge in [-0.1, -0.05) is 56.7 Å². The summed E-state index contributed by atoms with van der Waals surface area (Å²) in [7, 11) is -3.98. The molecular formula is C21H34O7S. The highest BCUT2D eigenvalue weighted by Gasteiger charge is 2.38. The highest BCUT2D eigenvalue weighted by atomic mass is 32.2. The van der Waals surface area contributed by atoms with Crippen molar-refractivity contribution >= 4 is 10.1 Å². The fourth-order valence-corrected chi connectivity index (χ4v) is 4.11. The van der Waals surface area contributed by atoms with Gasteiger partial charge < -0.3 is 19.7 Å². The number of benzene rings is 1. The minimum absolute atomic E-state index is 0.0322. The Morgan fingerprint density at radius 2 is 1.72 bits per heavy atom. The maximum Gasteiger partial charge on any atom is 0.297 e. The molecule has 4 atom stereocenters. The second-order valence-corrected chi connectivity index (χ2v) is 9.20. The van der Waals surface area contributed by atoms with Crippen LogP contribution in [0, 0.1) is 6.92 Å². The van der Waals surface area contributed by atoms with Crippen molar-refractivity contribution < 1.29 is 32.3 Å². The lowest BCUT2D eigenvalue weighted by molar-refractivity contribution is -0.255. The van der Waals surface area contributed by atoms with Crippen molar-refractivity contribution in [2.45, 2.75) is 88.3 Å². The van der Waals surface area contributed by atoms with Crippen LogP contribution in [0.3, 0.4) is 0 Å². The molecule has 0 unspecified atom stereocenters. The summed E-state index contributed by atoms with van der Waals surface area (Å²) in [5, 5.41) is 20.2. The van der Waals surface area contributed by atoms with Gasteiger partial charge in [-0.25, -0.2) is 0 Å². The molecular weight excluding hydrogens is 396 g/mol. The van der Waals surface area contributed by atoms with Crippen LogP contribution < -0.4 is 0 Å². The van der Waals surface area contributed by atoms with E-state index in [1.165, 1.54) is 31.4 Å². The fourth-order valence-electron chi connectivity index (χ4n) is 3.19. The van der Waals surface area contributed by atoms with Gasteiger partial charge in [-0.2, -0.15) is 8.42 Å². The number of unbranched alkanes of at least 4 members (excludes halogenated alkanes) is 5. The zero-order valence-corrected chi connectivity index (χ0v) is 18.1. The molecule has 29 heavy (non-hydrogen) atoms. The van der Waals surface area contributed by atoms with E-state index in [0.717, 1.165) is 24.8 Å². The number of hydrogen-bond acceptors (Lipinski definition) is 7. The molecule has 1 aliphatic rings. The minimum Gasteiger partial charge on any atom is -0.390 e. The number of aryl methyl sites for hydroxylation is 1. The molecule has 0 amide bonds. The van der Waals surface area contributed by atoms with Gasteiger partial charge in [-0.3, -0.25) is 4.18 Å². The highest BCUT2D eigenvalue weighted by molar-refractivity contribution is 7.86. The molecule has 1 heterocycles. The van der Waals surface area contributed by atoms with E-state index >= 15 is 0 Å². The number of rotatable bonds is 12. The Hall–Kier alpha value is -1.03. The lowest BCUT2D eigenvalue weighted by Gasteiger charge is -2.36. The first-order valence-corrected chi connectivity index (χ1v) is 11.8. The van der Waals surface area contributed by atoms with Crippen LogP contribution >= 0.6 is 0 Å². The van der Waals surface area contributed by atoms with Crippen LogP contribution in [-0.2, 0) is 23.8 Å². The van der Waals surface area contributed by atoms with E-state index in [1.54, 1.807) is 12.1 Å². The molecule has 2 rings (SSSR count). The van der Waals surface area contributed by atoms with Gasteiger partial charge in [0.15, 0.2) is 6.29 Å². The predicted molar refractivity (Wildman–Crippen MR) is 109 cm³/mol. The summed E-state index contributed by atoms with van der Waals surface area (Å²) >= 11 is 0. The summed E-state index contributed by atoms with van der Waals surface area (Å²) < 4.78 is 41.0. The maximum absolute atomic E-state index is 12.3. The van der Waals surface area contributed by atoms with E-state index in [1.807, 2.05) is 6.92 Å². The quantitative estimate of drug-likeness (QED) is 0.388. The monoisotopic (exact) mass is 430 g/mol. The average Bonchev–Trinajstić information content (AvgIpc) is 2.69. The summed E-state index contributed by atoms with van der Waals surface area (Å²) in [5.41, 5.74) is 0.934. The van der Waals surface area contributed by atoms with E-state index in [-0.39, 0.29) is 11.3 Å². The second-order valence-electron chi connectivity index (χ2n) is 7.59. The van der Waals surface area contributed by atoms with Crippen LogP contribution in [0.25, 0.3) is 0 Å². The van der Waals surface area contributed by atoms with E-state index in [4.69, 9.17) is 13.7 Å². The van der Waals surface area contributed by atoms with Gasteiger partial charge in [0.2, 0.25) is 0 Å². The number of hydrogen-bond donors (Lipinski definition) is 2. The lowest BCUT2D eigenvalue weighted by Crippen LogP contribution is -2.51. The molecule has 0 aromatic heterocycles. The smallest absolute Gasteiger partial charge is 0.297 e. The molecule has 2 N–H and O–H groups in total. The Morgan fingerprint density at radius 1 is 1.07 bits per heavy atom. The van der Waals surface area contributed by atoms with Gasteiger partial charge in [-0.15, -0.1) is 0 Å². The lowest BCUT2D eigenvalue weighted by atomic mass is 10.0. The Bertz CT molecular complexity index is 689. The standard InChI is InChI=1S/C21H34O7S/c1-3-4-5-6-7-8-13-26-20-14-18(22)21(23)19(28-20)15-27-29(24,25)17-11-9-16(2)10-12-17/h9-12,18-23H,3-8,13-15H2,1-2H3/t18-,19-,20+,21+/m1/s1. The zero-order chi connectivity index (χ0) is 21.3. The Kier molecular flexibility index (Phi) is 10.0. The van der Waals surface area contributed by atoms with Crippen molar-refractivity contribution in [2.24, 2.45) is 0 Å². The molecule has 8 heteroatoms. The van der Waals surface area contributed by atoms with E-state index < -0.39 is 41.3 Å². The third kappa shape index (κ3) is 7.96. The molecule has 1 aliphatic heterocycles. The molecule has 1 fully saturated rings. The summed E-state index contributed by atoms with van der Waals surface area (Å²) in [6, 6.07) is 6.28. The Balaban J connectivity index is 1.80. The van der Waals surface area contributed by atoms with Gasteiger partial charge in [0.25, 0.3) is 10.1 Å². The number of ether oxygens (including phenoxy) is 2. The van der Waals surface area contributed by atoms with Crippen molar-refractivity contribution in [1.82, 2.24) is 0 Å². The van der Waals surface area contributed by atoms with E-state index in [0.29, 0.717) is 6.61 Å².